The van der Waals surface area contributed by atoms with Gasteiger partial charge in [-0.05, 0) is 53.0 Å². The second-order valence-corrected chi connectivity index (χ2v) is 6.60. The predicted molar refractivity (Wildman–Crippen MR) is 96.0 cm³/mol. The molecule has 1 aromatic carbocycles. The lowest BCUT2D eigenvalue weighted by molar-refractivity contribution is 0.0761. The molecule has 3 rings (SSSR count). The number of halogens is 1. The van der Waals surface area contributed by atoms with Crippen LogP contribution in [0.4, 0.5) is 11.5 Å². The van der Waals surface area contributed by atoms with Crippen LogP contribution in [-0.4, -0.2) is 28.9 Å². The highest BCUT2D eigenvalue weighted by molar-refractivity contribution is 9.10. The molecule has 1 aliphatic rings. The van der Waals surface area contributed by atoms with Crippen LogP contribution in [0.15, 0.2) is 47.1 Å². The van der Waals surface area contributed by atoms with Crippen LogP contribution in [0.5, 0.6) is 0 Å². The van der Waals surface area contributed by atoms with Crippen LogP contribution in [0.25, 0.3) is 0 Å². The maximum Gasteiger partial charge on any atom is 0.254 e. The Labute approximate surface area is 145 Å². The lowest BCUT2D eigenvalue weighted by Crippen LogP contribution is -2.31. The Bertz CT molecular complexity index is 681. The standard InChI is InChI=1S/C18H20BrN3O/c19-15-7-3-4-8-16(15)21-17-13-14(9-10-20-17)18(23)22-11-5-1-2-6-12-22/h3-4,7-10,13H,1-2,5-6,11-12H2,(H,20,21). The van der Waals surface area contributed by atoms with E-state index in [0.717, 1.165) is 36.1 Å². The Morgan fingerprint density at radius 3 is 2.57 bits per heavy atom. The lowest BCUT2D eigenvalue weighted by atomic mass is 10.2. The Morgan fingerprint density at radius 1 is 1.09 bits per heavy atom. The number of benzene rings is 1. The van der Waals surface area contributed by atoms with Crippen LogP contribution < -0.4 is 5.32 Å². The molecule has 0 bridgehead atoms. The van der Waals surface area contributed by atoms with Crippen molar-refractivity contribution in [1.82, 2.24) is 9.88 Å². The number of rotatable bonds is 3. The van der Waals surface area contributed by atoms with E-state index in [-0.39, 0.29) is 5.91 Å². The molecule has 1 N–H and O–H groups in total. The van der Waals surface area contributed by atoms with Gasteiger partial charge in [0.1, 0.15) is 5.82 Å². The van der Waals surface area contributed by atoms with Gasteiger partial charge in [-0.1, -0.05) is 25.0 Å². The van der Waals surface area contributed by atoms with Crippen molar-refractivity contribution in [2.75, 3.05) is 18.4 Å². The van der Waals surface area contributed by atoms with E-state index in [1.807, 2.05) is 35.2 Å². The number of carbonyl (C=O) groups excluding carboxylic acids is 1. The smallest absolute Gasteiger partial charge is 0.254 e. The average Bonchev–Trinajstić information content (AvgIpc) is 2.86. The molecule has 0 aliphatic carbocycles. The largest absolute Gasteiger partial charge is 0.339 e. The topological polar surface area (TPSA) is 45.2 Å². The SMILES string of the molecule is O=C(c1ccnc(Nc2ccccc2Br)c1)N1CCCCCC1. The summed E-state index contributed by atoms with van der Waals surface area (Å²) >= 11 is 3.51. The van der Waals surface area contributed by atoms with Gasteiger partial charge in [0.05, 0.1) is 5.69 Å². The number of hydrogen-bond acceptors (Lipinski definition) is 3. The van der Waals surface area contributed by atoms with Gasteiger partial charge in [-0.2, -0.15) is 0 Å². The normalized spacial score (nSPS) is 15.1. The molecule has 23 heavy (non-hydrogen) atoms. The van der Waals surface area contributed by atoms with Gasteiger partial charge in [-0.3, -0.25) is 4.79 Å². The van der Waals surface area contributed by atoms with Crippen molar-refractivity contribution in [3.05, 3.63) is 52.6 Å². The zero-order chi connectivity index (χ0) is 16.1. The van der Waals surface area contributed by atoms with Gasteiger partial charge < -0.3 is 10.2 Å². The molecule has 1 saturated heterocycles. The zero-order valence-corrected chi connectivity index (χ0v) is 14.6. The zero-order valence-electron chi connectivity index (χ0n) is 13.0. The second-order valence-electron chi connectivity index (χ2n) is 5.74. The number of nitrogens with zero attached hydrogens (tertiary/aromatic N) is 2. The van der Waals surface area contributed by atoms with Crippen molar-refractivity contribution < 1.29 is 4.79 Å². The fraction of sp³-hybridized carbons (Fsp3) is 0.333. The molecule has 0 saturated carbocycles. The number of hydrogen-bond donors (Lipinski definition) is 1. The van der Waals surface area contributed by atoms with Gasteiger partial charge in [0, 0.05) is 29.3 Å². The van der Waals surface area contributed by atoms with Crippen LogP contribution in [0.3, 0.4) is 0 Å². The molecule has 1 fully saturated rings. The molecule has 4 nitrogen and oxygen atoms in total. The Balaban J connectivity index is 1.76. The van der Waals surface area contributed by atoms with Crippen molar-refractivity contribution in [3.8, 4) is 0 Å². The third-order valence-corrected chi connectivity index (χ3v) is 4.73. The Morgan fingerprint density at radius 2 is 1.83 bits per heavy atom. The molecule has 0 atom stereocenters. The first-order valence-corrected chi connectivity index (χ1v) is 8.80. The summed E-state index contributed by atoms with van der Waals surface area (Å²) in [5, 5.41) is 3.25. The van der Waals surface area contributed by atoms with Crippen LogP contribution in [0, 0.1) is 0 Å². The summed E-state index contributed by atoms with van der Waals surface area (Å²) in [7, 11) is 0. The third kappa shape index (κ3) is 4.10. The van der Waals surface area contributed by atoms with Gasteiger partial charge in [0.15, 0.2) is 0 Å². The van der Waals surface area contributed by atoms with Crippen molar-refractivity contribution in [1.29, 1.82) is 0 Å². The van der Waals surface area contributed by atoms with Crippen molar-refractivity contribution >= 4 is 33.3 Å². The number of carbonyl (C=O) groups is 1. The molecule has 1 aromatic heterocycles. The number of pyridine rings is 1. The van der Waals surface area contributed by atoms with Crippen LogP contribution in [-0.2, 0) is 0 Å². The van der Waals surface area contributed by atoms with E-state index in [9.17, 15) is 4.79 Å². The summed E-state index contributed by atoms with van der Waals surface area (Å²) in [4.78, 5) is 19.0. The highest BCUT2D eigenvalue weighted by atomic mass is 79.9. The summed E-state index contributed by atoms with van der Waals surface area (Å²) in [6.45, 7) is 1.71. The van der Waals surface area contributed by atoms with Crippen molar-refractivity contribution in [2.24, 2.45) is 0 Å². The first-order valence-electron chi connectivity index (χ1n) is 8.01. The highest BCUT2D eigenvalue weighted by Crippen LogP contribution is 2.25. The average molecular weight is 374 g/mol. The van der Waals surface area contributed by atoms with Crippen molar-refractivity contribution in [2.45, 2.75) is 25.7 Å². The number of anilines is 2. The van der Waals surface area contributed by atoms with E-state index in [0.29, 0.717) is 11.4 Å². The maximum atomic E-state index is 12.7. The van der Waals surface area contributed by atoms with Gasteiger partial charge in [0.2, 0.25) is 0 Å². The lowest BCUT2D eigenvalue weighted by Gasteiger charge is -2.20. The summed E-state index contributed by atoms with van der Waals surface area (Å²) in [5.74, 6) is 0.780. The van der Waals surface area contributed by atoms with Crippen LogP contribution in [0.1, 0.15) is 36.0 Å². The summed E-state index contributed by atoms with van der Waals surface area (Å²) < 4.78 is 0.964. The highest BCUT2D eigenvalue weighted by Gasteiger charge is 2.17. The Kier molecular flexibility index (Phi) is 5.28. The molecule has 5 heteroatoms. The number of amides is 1. The third-order valence-electron chi connectivity index (χ3n) is 4.04. The number of aromatic nitrogens is 1. The van der Waals surface area contributed by atoms with E-state index in [4.69, 9.17) is 0 Å². The van der Waals surface area contributed by atoms with E-state index in [2.05, 4.69) is 26.2 Å². The number of para-hydroxylation sites is 1. The Hall–Kier alpha value is -1.88. The molecule has 0 spiro atoms. The molecular weight excluding hydrogens is 354 g/mol. The molecule has 120 valence electrons. The number of likely N-dealkylation sites (tertiary alicyclic amines) is 1. The van der Waals surface area contributed by atoms with Gasteiger partial charge in [-0.15, -0.1) is 0 Å². The first-order chi connectivity index (χ1) is 11.2. The summed E-state index contributed by atoms with van der Waals surface area (Å²) in [5.41, 5.74) is 1.62. The molecule has 2 aromatic rings. The van der Waals surface area contributed by atoms with Gasteiger partial charge >= 0.3 is 0 Å². The van der Waals surface area contributed by atoms with Gasteiger partial charge in [-0.25, -0.2) is 4.98 Å². The van der Waals surface area contributed by atoms with E-state index in [1.54, 1.807) is 12.3 Å². The minimum atomic E-state index is 0.101. The molecule has 2 heterocycles. The van der Waals surface area contributed by atoms with Gasteiger partial charge in [0.25, 0.3) is 5.91 Å². The minimum absolute atomic E-state index is 0.101. The fourth-order valence-electron chi connectivity index (χ4n) is 2.79. The quantitative estimate of drug-likeness (QED) is 0.854. The molecule has 0 radical (unpaired) electrons. The molecule has 1 amide bonds. The number of nitrogens with one attached hydrogen (secondary N) is 1. The van der Waals surface area contributed by atoms with Crippen LogP contribution >= 0.6 is 15.9 Å². The predicted octanol–water partition coefficient (Wildman–Crippen LogP) is 4.60. The fourth-order valence-corrected chi connectivity index (χ4v) is 3.17. The van der Waals surface area contributed by atoms with Crippen molar-refractivity contribution in [3.63, 3.8) is 0 Å². The minimum Gasteiger partial charge on any atom is -0.339 e. The molecular formula is C18H20BrN3O. The molecule has 1 aliphatic heterocycles. The van der Waals surface area contributed by atoms with E-state index in [1.165, 1.54) is 12.8 Å². The first kappa shape index (κ1) is 16.0. The monoisotopic (exact) mass is 373 g/mol. The maximum absolute atomic E-state index is 12.7. The summed E-state index contributed by atoms with van der Waals surface area (Å²) in [6.07, 6.45) is 6.31. The molecule has 0 unspecified atom stereocenters. The van der Waals surface area contributed by atoms with E-state index >= 15 is 0 Å². The second kappa shape index (κ2) is 7.59. The van der Waals surface area contributed by atoms with Crippen LogP contribution in [0.2, 0.25) is 0 Å². The summed E-state index contributed by atoms with van der Waals surface area (Å²) in [6, 6.07) is 11.5. The van der Waals surface area contributed by atoms with E-state index < -0.39 is 0 Å².